The Labute approximate surface area is 143 Å². The number of aromatic nitrogens is 1. The predicted molar refractivity (Wildman–Crippen MR) is 91.9 cm³/mol. The monoisotopic (exact) mass is 333 g/mol. The fourth-order valence-electron chi connectivity index (χ4n) is 3.67. The number of piperidine rings is 1. The third-order valence-corrected chi connectivity index (χ3v) is 5.31. The molecule has 0 radical (unpaired) electrons. The second-order valence-corrected chi connectivity index (χ2v) is 7.54. The highest BCUT2D eigenvalue weighted by atomic mass is 16.4. The molecule has 0 amide bonds. The zero-order valence-electron chi connectivity index (χ0n) is 14.5. The molecule has 6 heteroatoms. The van der Waals surface area contributed by atoms with Gasteiger partial charge in [-0.3, -0.25) is 9.69 Å². The number of carboxylic acids is 1. The van der Waals surface area contributed by atoms with Gasteiger partial charge in [0.15, 0.2) is 0 Å². The first kappa shape index (κ1) is 17.2. The number of rotatable bonds is 6. The predicted octanol–water partition coefficient (Wildman–Crippen LogP) is 1.59. The molecule has 2 N–H and O–H groups in total. The molecule has 1 aromatic heterocycles. The van der Waals surface area contributed by atoms with Crippen LogP contribution in [0.25, 0.3) is 0 Å². The zero-order valence-corrected chi connectivity index (χ0v) is 14.5. The number of aliphatic hydroxyl groups is 1. The lowest BCUT2D eigenvalue weighted by atomic mass is 9.73. The number of nitrogens with zero attached hydrogens (tertiary/aromatic N) is 3. The molecule has 2 aliphatic rings. The second kappa shape index (κ2) is 6.69. The highest BCUT2D eigenvalue weighted by Crippen LogP contribution is 2.45. The summed E-state index contributed by atoms with van der Waals surface area (Å²) in [5.74, 6) is 0.519. The van der Waals surface area contributed by atoms with Crippen LogP contribution in [0.15, 0.2) is 18.3 Å². The van der Waals surface area contributed by atoms with Gasteiger partial charge in [-0.05, 0) is 30.4 Å². The molecule has 24 heavy (non-hydrogen) atoms. The third-order valence-electron chi connectivity index (χ3n) is 5.31. The fraction of sp³-hybridized carbons (Fsp3) is 0.667. The molecule has 2 atom stereocenters. The van der Waals surface area contributed by atoms with Crippen LogP contribution in [0.5, 0.6) is 0 Å². The van der Waals surface area contributed by atoms with E-state index >= 15 is 0 Å². The SMILES string of the molecule is CN(C)c1ccc(CN2CC[C@H](O)[C@](CC3CC3)(C(=O)O)C2)cn1. The standard InChI is InChI=1S/C18H27N3O3/c1-20(2)16-6-5-14(10-19-16)11-21-8-7-15(22)18(12-21,17(23)24)9-13-3-4-13/h5-6,10,13,15,22H,3-4,7-9,11-12H2,1-2H3,(H,23,24)/t15-,18+/m0/s1. The van der Waals surface area contributed by atoms with Crippen LogP contribution in [0, 0.1) is 11.3 Å². The van der Waals surface area contributed by atoms with Crippen LogP contribution < -0.4 is 4.90 Å². The summed E-state index contributed by atoms with van der Waals surface area (Å²) in [6, 6.07) is 4.01. The highest BCUT2D eigenvalue weighted by molar-refractivity contribution is 5.76. The van der Waals surface area contributed by atoms with Gasteiger partial charge in [0.2, 0.25) is 0 Å². The minimum atomic E-state index is -1.02. The minimum Gasteiger partial charge on any atom is -0.481 e. The van der Waals surface area contributed by atoms with Crippen LogP contribution in [0.3, 0.4) is 0 Å². The molecule has 1 saturated heterocycles. The van der Waals surface area contributed by atoms with E-state index in [4.69, 9.17) is 0 Å². The van der Waals surface area contributed by atoms with Crippen LogP contribution in [-0.2, 0) is 11.3 Å². The van der Waals surface area contributed by atoms with Crippen molar-refractivity contribution in [3.8, 4) is 0 Å². The van der Waals surface area contributed by atoms with E-state index in [2.05, 4.69) is 9.88 Å². The van der Waals surface area contributed by atoms with Crippen molar-refractivity contribution >= 4 is 11.8 Å². The van der Waals surface area contributed by atoms with Crippen LogP contribution in [0.4, 0.5) is 5.82 Å². The zero-order chi connectivity index (χ0) is 17.3. The molecule has 0 unspecified atom stereocenters. The summed E-state index contributed by atoms with van der Waals surface area (Å²) < 4.78 is 0. The maximum absolute atomic E-state index is 12.0. The Balaban J connectivity index is 1.70. The number of likely N-dealkylation sites (tertiary alicyclic amines) is 1. The van der Waals surface area contributed by atoms with Crippen molar-refractivity contribution in [1.29, 1.82) is 0 Å². The van der Waals surface area contributed by atoms with Gasteiger partial charge in [-0.1, -0.05) is 18.9 Å². The van der Waals surface area contributed by atoms with Gasteiger partial charge in [-0.25, -0.2) is 4.98 Å². The van der Waals surface area contributed by atoms with Crippen molar-refractivity contribution in [2.24, 2.45) is 11.3 Å². The molecule has 132 valence electrons. The smallest absolute Gasteiger partial charge is 0.313 e. The Morgan fingerprint density at radius 1 is 1.38 bits per heavy atom. The number of carbonyl (C=O) groups is 1. The Hall–Kier alpha value is -1.66. The summed E-state index contributed by atoms with van der Waals surface area (Å²) in [6.45, 7) is 1.80. The van der Waals surface area contributed by atoms with E-state index in [0.29, 0.717) is 31.8 Å². The summed E-state index contributed by atoms with van der Waals surface area (Å²) in [6.07, 6.45) is 4.40. The quantitative estimate of drug-likeness (QED) is 0.823. The Morgan fingerprint density at radius 3 is 2.67 bits per heavy atom. The summed E-state index contributed by atoms with van der Waals surface area (Å²) in [7, 11) is 3.90. The molecular formula is C18H27N3O3. The lowest BCUT2D eigenvalue weighted by Gasteiger charge is -2.43. The Kier molecular flexibility index (Phi) is 4.78. The molecule has 1 aliphatic carbocycles. The van der Waals surface area contributed by atoms with E-state index < -0.39 is 17.5 Å². The first-order valence-corrected chi connectivity index (χ1v) is 8.67. The molecule has 2 fully saturated rings. The maximum Gasteiger partial charge on any atom is 0.313 e. The van der Waals surface area contributed by atoms with E-state index in [1.807, 2.05) is 37.3 Å². The molecule has 1 aliphatic heterocycles. The van der Waals surface area contributed by atoms with Gasteiger partial charge in [0.25, 0.3) is 0 Å². The molecule has 1 saturated carbocycles. The normalized spacial score (nSPS) is 27.9. The topological polar surface area (TPSA) is 76.9 Å². The van der Waals surface area contributed by atoms with Gasteiger partial charge in [0.1, 0.15) is 11.2 Å². The van der Waals surface area contributed by atoms with Gasteiger partial charge in [0.05, 0.1) is 6.10 Å². The van der Waals surface area contributed by atoms with Crippen molar-refractivity contribution in [2.45, 2.75) is 38.3 Å². The second-order valence-electron chi connectivity index (χ2n) is 7.54. The van der Waals surface area contributed by atoms with Crippen LogP contribution in [0.1, 0.15) is 31.2 Å². The van der Waals surface area contributed by atoms with Crippen molar-refractivity contribution in [3.05, 3.63) is 23.9 Å². The first-order valence-electron chi connectivity index (χ1n) is 8.67. The number of aliphatic hydroxyl groups excluding tert-OH is 1. The molecule has 0 aromatic carbocycles. The molecule has 2 heterocycles. The molecule has 6 nitrogen and oxygen atoms in total. The van der Waals surface area contributed by atoms with Gasteiger partial charge < -0.3 is 15.1 Å². The minimum absolute atomic E-state index is 0.412. The molecule has 0 spiro atoms. The number of hydrogen-bond donors (Lipinski definition) is 2. The molecule has 1 aromatic rings. The first-order chi connectivity index (χ1) is 11.4. The van der Waals surface area contributed by atoms with Crippen molar-refractivity contribution in [2.75, 3.05) is 32.1 Å². The average molecular weight is 333 g/mol. The summed E-state index contributed by atoms with van der Waals surface area (Å²) in [5.41, 5.74) is 0.0545. The molecule has 3 rings (SSSR count). The van der Waals surface area contributed by atoms with Gasteiger partial charge in [-0.2, -0.15) is 0 Å². The number of hydrogen-bond acceptors (Lipinski definition) is 5. The van der Waals surface area contributed by atoms with E-state index in [-0.39, 0.29) is 0 Å². The van der Waals surface area contributed by atoms with Crippen molar-refractivity contribution in [1.82, 2.24) is 9.88 Å². The van der Waals surface area contributed by atoms with E-state index in [1.54, 1.807) is 0 Å². The molecular weight excluding hydrogens is 306 g/mol. The number of anilines is 1. The van der Waals surface area contributed by atoms with Crippen LogP contribution in [-0.4, -0.2) is 59.4 Å². The third kappa shape index (κ3) is 3.54. The van der Waals surface area contributed by atoms with Gasteiger partial charge >= 0.3 is 5.97 Å². The lowest BCUT2D eigenvalue weighted by Crippen LogP contribution is -2.56. The highest BCUT2D eigenvalue weighted by Gasteiger charge is 2.51. The lowest BCUT2D eigenvalue weighted by molar-refractivity contribution is -0.165. The fourth-order valence-corrected chi connectivity index (χ4v) is 3.67. The summed E-state index contributed by atoms with van der Waals surface area (Å²) >= 11 is 0. The van der Waals surface area contributed by atoms with Crippen LogP contribution >= 0.6 is 0 Å². The van der Waals surface area contributed by atoms with E-state index in [0.717, 1.165) is 30.8 Å². The number of aliphatic carboxylic acids is 1. The summed E-state index contributed by atoms with van der Waals surface area (Å²) in [5, 5.41) is 20.2. The van der Waals surface area contributed by atoms with Crippen molar-refractivity contribution < 1.29 is 15.0 Å². The van der Waals surface area contributed by atoms with Crippen molar-refractivity contribution in [3.63, 3.8) is 0 Å². The average Bonchev–Trinajstić information content (AvgIpc) is 3.35. The van der Waals surface area contributed by atoms with Gasteiger partial charge in [0, 0.05) is 39.9 Å². The van der Waals surface area contributed by atoms with E-state index in [1.165, 1.54) is 0 Å². The molecule has 0 bridgehead atoms. The summed E-state index contributed by atoms with van der Waals surface area (Å²) in [4.78, 5) is 20.5. The Bertz CT molecular complexity index is 586. The van der Waals surface area contributed by atoms with E-state index in [9.17, 15) is 15.0 Å². The van der Waals surface area contributed by atoms with Gasteiger partial charge in [-0.15, -0.1) is 0 Å². The Morgan fingerprint density at radius 2 is 2.12 bits per heavy atom. The number of pyridine rings is 1. The van der Waals surface area contributed by atoms with Crippen LogP contribution in [0.2, 0.25) is 0 Å². The largest absolute Gasteiger partial charge is 0.481 e. The number of carboxylic acid groups (broad SMARTS) is 1. The maximum atomic E-state index is 12.0.